The van der Waals surface area contributed by atoms with E-state index in [9.17, 15) is 9.59 Å². The predicted octanol–water partition coefficient (Wildman–Crippen LogP) is -0.184. The van der Waals surface area contributed by atoms with E-state index in [0.29, 0.717) is 24.9 Å². The molecule has 1 saturated heterocycles. The van der Waals surface area contributed by atoms with Crippen LogP contribution >= 0.6 is 0 Å². The summed E-state index contributed by atoms with van der Waals surface area (Å²) in [5.41, 5.74) is 6.09. The Morgan fingerprint density at radius 2 is 2.07 bits per heavy atom. The number of likely N-dealkylation sites (N-methyl/N-ethyl adjacent to an activating group) is 1. The van der Waals surface area contributed by atoms with Crippen molar-refractivity contribution in [3.63, 3.8) is 0 Å². The minimum Gasteiger partial charge on any atom is -0.484 e. The van der Waals surface area contributed by atoms with Gasteiger partial charge >= 0.3 is 0 Å². The van der Waals surface area contributed by atoms with E-state index < -0.39 is 5.91 Å². The zero-order valence-electron chi connectivity index (χ0n) is 17.2. The van der Waals surface area contributed by atoms with Crippen LogP contribution < -0.4 is 26.4 Å². The Kier molecular flexibility index (Phi) is 9.23. The highest BCUT2D eigenvalue weighted by atomic mass is 16.5. The zero-order valence-corrected chi connectivity index (χ0v) is 17.2. The number of benzene rings is 1. The summed E-state index contributed by atoms with van der Waals surface area (Å²) < 4.78 is 5.34. The van der Waals surface area contributed by atoms with Crippen molar-refractivity contribution in [2.24, 2.45) is 10.7 Å². The normalized spacial score (nSPS) is 15.6. The molecule has 29 heavy (non-hydrogen) atoms. The Morgan fingerprint density at radius 1 is 1.31 bits per heavy atom. The Bertz CT molecular complexity index is 701. The van der Waals surface area contributed by atoms with Gasteiger partial charge in [-0.1, -0.05) is 12.1 Å². The number of guanidine groups is 1. The molecule has 0 aliphatic carbocycles. The molecule has 1 aromatic carbocycles. The molecule has 0 unspecified atom stereocenters. The van der Waals surface area contributed by atoms with Crippen molar-refractivity contribution in [3.8, 4) is 5.75 Å². The quantitative estimate of drug-likeness (QED) is 0.335. The van der Waals surface area contributed by atoms with Crippen LogP contribution in [0.15, 0.2) is 29.3 Å². The van der Waals surface area contributed by atoms with E-state index >= 15 is 0 Å². The van der Waals surface area contributed by atoms with Gasteiger partial charge in [0.1, 0.15) is 5.75 Å². The summed E-state index contributed by atoms with van der Waals surface area (Å²) in [5.74, 6) is 0.903. The average molecular weight is 405 g/mol. The first-order valence-electron chi connectivity index (χ1n) is 9.98. The van der Waals surface area contributed by atoms with E-state index in [1.807, 2.05) is 25.1 Å². The van der Waals surface area contributed by atoms with Crippen molar-refractivity contribution in [2.75, 3.05) is 39.8 Å². The van der Waals surface area contributed by atoms with Gasteiger partial charge < -0.3 is 26.4 Å². The molecule has 0 saturated carbocycles. The van der Waals surface area contributed by atoms with Gasteiger partial charge in [0.15, 0.2) is 12.6 Å². The smallest absolute Gasteiger partial charge is 0.255 e. The minimum atomic E-state index is -0.506. The molecule has 160 valence electrons. The number of carbonyl (C=O) groups excluding carboxylic acids is 2. The Labute approximate surface area is 172 Å². The summed E-state index contributed by atoms with van der Waals surface area (Å²) in [4.78, 5) is 29.2. The fraction of sp³-hybridized carbons (Fsp3) is 0.550. The minimum absolute atomic E-state index is 0.0494. The second kappa shape index (κ2) is 11.9. The van der Waals surface area contributed by atoms with E-state index in [-0.39, 0.29) is 12.5 Å². The van der Waals surface area contributed by atoms with Crippen LogP contribution in [0.1, 0.15) is 25.3 Å². The summed E-state index contributed by atoms with van der Waals surface area (Å²) in [6.45, 7) is 5.34. The summed E-state index contributed by atoms with van der Waals surface area (Å²) in [7, 11) is 1.66. The van der Waals surface area contributed by atoms with E-state index in [0.717, 1.165) is 44.0 Å². The number of piperidine rings is 1. The van der Waals surface area contributed by atoms with E-state index in [1.54, 1.807) is 13.1 Å². The van der Waals surface area contributed by atoms with Crippen LogP contribution in [0.4, 0.5) is 0 Å². The number of nitrogens with two attached hydrogens (primary N) is 1. The molecule has 0 spiro atoms. The van der Waals surface area contributed by atoms with Crippen molar-refractivity contribution in [2.45, 2.75) is 32.4 Å². The predicted molar refractivity (Wildman–Crippen MR) is 113 cm³/mol. The lowest BCUT2D eigenvalue weighted by Gasteiger charge is -2.32. The Hall–Kier alpha value is -2.81. The summed E-state index contributed by atoms with van der Waals surface area (Å²) in [6.07, 6.45) is 1.91. The molecule has 1 aliphatic heterocycles. The van der Waals surface area contributed by atoms with E-state index in [4.69, 9.17) is 10.5 Å². The van der Waals surface area contributed by atoms with Gasteiger partial charge in [-0.2, -0.15) is 0 Å². The molecule has 9 heteroatoms. The van der Waals surface area contributed by atoms with E-state index in [1.165, 1.54) is 0 Å². The lowest BCUT2D eigenvalue weighted by Crippen LogP contribution is -2.50. The summed E-state index contributed by atoms with van der Waals surface area (Å²) >= 11 is 0. The summed E-state index contributed by atoms with van der Waals surface area (Å²) in [5, 5.41) is 9.43. The number of primary amides is 1. The molecule has 0 atom stereocenters. The van der Waals surface area contributed by atoms with Gasteiger partial charge in [0.2, 0.25) is 5.91 Å². The molecule has 2 rings (SSSR count). The first kappa shape index (κ1) is 22.5. The second-order valence-corrected chi connectivity index (χ2v) is 6.97. The van der Waals surface area contributed by atoms with Crippen molar-refractivity contribution < 1.29 is 14.3 Å². The molecule has 1 aliphatic rings. The maximum atomic E-state index is 11.5. The molecule has 0 radical (unpaired) electrons. The number of carbonyl (C=O) groups is 2. The fourth-order valence-corrected chi connectivity index (χ4v) is 3.09. The first-order chi connectivity index (χ1) is 14.0. The molecule has 2 amide bonds. The van der Waals surface area contributed by atoms with E-state index in [2.05, 4.69) is 25.8 Å². The Balaban J connectivity index is 1.88. The monoisotopic (exact) mass is 404 g/mol. The van der Waals surface area contributed by atoms with Gasteiger partial charge in [-0.3, -0.25) is 14.5 Å². The number of rotatable bonds is 9. The van der Waals surface area contributed by atoms with Gasteiger partial charge in [-0.05, 0) is 37.5 Å². The largest absolute Gasteiger partial charge is 0.484 e. The number of hydrogen-bond donors (Lipinski definition) is 4. The van der Waals surface area contributed by atoms with Crippen LogP contribution in [0.25, 0.3) is 0 Å². The molecule has 1 fully saturated rings. The highest BCUT2D eigenvalue weighted by Crippen LogP contribution is 2.14. The fourth-order valence-electron chi connectivity index (χ4n) is 3.09. The zero-order chi connectivity index (χ0) is 21.1. The van der Waals surface area contributed by atoms with Crippen LogP contribution in [0, 0.1) is 0 Å². The van der Waals surface area contributed by atoms with Crippen LogP contribution in [0.5, 0.6) is 5.75 Å². The lowest BCUT2D eigenvalue weighted by atomic mass is 10.1. The van der Waals surface area contributed by atoms with Crippen molar-refractivity contribution in [1.82, 2.24) is 20.9 Å². The van der Waals surface area contributed by atoms with Crippen LogP contribution in [0.2, 0.25) is 0 Å². The molecular weight excluding hydrogens is 372 g/mol. The molecule has 1 aromatic rings. The molecule has 5 N–H and O–H groups in total. The van der Waals surface area contributed by atoms with Gasteiger partial charge in [-0.25, -0.2) is 4.99 Å². The SMILES string of the molecule is CCNC(=NCc1cccc(OCC(N)=O)c1)NC1CCN(CC(=O)NC)CC1. The first-order valence-corrected chi connectivity index (χ1v) is 9.98. The van der Waals surface area contributed by atoms with Crippen molar-refractivity contribution in [3.05, 3.63) is 29.8 Å². The van der Waals surface area contributed by atoms with Crippen molar-refractivity contribution >= 4 is 17.8 Å². The number of aliphatic imine (C=N–C) groups is 1. The van der Waals surface area contributed by atoms with Gasteiger partial charge in [0.25, 0.3) is 5.91 Å². The number of ether oxygens (including phenoxy) is 1. The molecule has 0 bridgehead atoms. The maximum Gasteiger partial charge on any atom is 0.255 e. The van der Waals surface area contributed by atoms with Crippen LogP contribution in [-0.4, -0.2) is 68.5 Å². The molecular formula is C20H32N6O3. The maximum absolute atomic E-state index is 11.5. The van der Waals surface area contributed by atoms with Crippen molar-refractivity contribution in [1.29, 1.82) is 0 Å². The third-order valence-electron chi connectivity index (χ3n) is 4.62. The van der Waals surface area contributed by atoms with Crippen LogP contribution in [0.3, 0.4) is 0 Å². The standard InChI is InChI=1S/C20H32N6O3/c1-3-23-20(25-16-7-9-26(10-8-16)13-19(28)22-2)24-12-15-5-4-6-17(11-15)29-14-18(21)27/h4-6,11,16H,3,7-10,12-14H2,1-2H3,(H2,21,27)(H,22,28)(H2,23,24,25). The molecule has 1 heterocycles. The third-order valence-corrected chi connectivity index (χ3v) is 4.62. The average Bonchev–Trinajstić information content (AvgIpc) is 2.72. The number of hydrogen-bond acceptors (Lipinski definition) is 5. The number of amides is 2. The Morgan fingerprint density at radius 3 is 2.72 bits per heavy atom. The van der Waals surface area contributed by atoms with Gasteiger partial charge in [0, 0.05) is 32.7 Å². The van der Waals surface area contributed by atoms with Crippen LogP contribution in [-0.2, 0) is 16.1 Å². The van der Waals surface area contributed by atoms with Gasteiger partial charge in [-0.15, -0.1) is 0 Å². The van der Waals surface area contributed by atoms with Gasteiger partial charge in [0.05, 0.1) is 13.1 Å². The molecule has 0 aromatic heterocycles. The lowest BCUT2D eigenvalue weighted by molar-refractivity contribution is -0.122. The number of likely N-dealkylation sites (tertiary alicyclic amines) is 1. The summed E-state index contributed by atoms with van der Waals surface area (Å²) in [6, 6.07) is 7.78. The highest BCUT2D eigenvalue weighted by molar-refractivity contribution is 5.80. The number of nitrogens with zero attached hydrogens (tertiary/aromatic N) is 2. The third kappa shape index (κ3) is 8.39. The topological polar surface area (TPSA) is 121 Å². The second-order valence-electron chi connectivity index (χ2n) is 6.97. The highest BCUT2D eigenvalue weighted by Gasteiger charge is 2.21. The molecule has 9 nitrogen and oxygen atoms in total. The number of nitrogens with one attached hydrogen (secondary N) is 3.